The summed E-state index contributed by atoms with van der Waals surface area (Å²) in [5.74, 6) is 0.275. The lowest BCUT2D eigenvalue weighted by atomic mass is 9.47. The number of carbonyl (C=O) groups is 1. The number of benzene rings is 1. The number of fused-ring (bicyclic) bond motifs is 1. The highest BCUT2D eigenvalue weighted by atomic mass is 16.1. The van der Waals surface area contributed by atoms with Gasteiger partial charge in [0.1, 0.15) is 0 Å². The van der Waals surface area contributed by atoms with E-state index in [4.69, 9.17) is 0 Å². The summed E-state index contributed by atoms with van der Waals surface area (Å²) in [4.78, 5) is 12.6. The summed E-state index contributed by atoms with van der Waals surface area (Å²) in [6.45, 7) is 13.1. The third kappa shape index (κ3) is 1.28. The lowest BCUT2D eigenvalue weighted by Crippen LogP contribution is -2.55. The highest BCUT2D eigenvalue weighted by Crippen LogP contribution is 2.57. The molecule has 0 saturated heterocycles. The summed E-state index contributed by atoms with van der Waals surface area (Å²) in [5, 5.41) is 0. The van der Waals surface area contributed by atoms with Gasteiger partial charge in [-0.3, -0.25) is 4.79 Å². The zero-order valence-electron chi connectivity index (χ0n) is 11.7. The van der Waals surface area contributed by atoms with Crippen LogP contribution in [0, 0.1) is 10.8 Å². The van der Waals surface area contributed by atoms with Gasteiger partial charge in [0.05, 0.1) is 0 Å². The van der Waals surface area contributed by atoms with Crippen molar-refractivity contribution in [3.05, 3.63) is 35.4 Å². The summed E-state index contributed by atoms with van der Waals surface area (Å²) in [6, 6.07) is 8.06. The van der Waals surface area contributed by atoms with Gasteiger partial charge < -0.3 is 0 Å². The largest absolute Gasteiger partial charge is 0.294 e. The molecule has 0 saturated carbocycles. The van der Waals surface area contributed by atoms with Crippen LogP contribution < -0.4 is 0 Å². The van der Waals surface area contributed by atoms with Crippen LogP contribution in [0.3, 0.4) is 0 Å². The van der Waals surface area contributed by atoms with Crippen molar-refractivity contribution in [1.82, 2.24) is 0 Å². The van der Waals surface area contributed by atoms with Gasteiger partial charge in [0.25, 0.3) is 0 Å². The minimum absolute atomic E-state index is 0.000995. The van der Waals surface area contributed by atoms with Crippen LogP contribution in [-0.4, -0.2) is 5.78 Å². The average molecular weight is 230 g/mol. The summed E-state index contributed by atoms with van der Waals surface area (Å²) in [7, 11) is 0. The molecule has 0 N–H and O–H groups in total. The number of Topliss-reactive ketones (excluding diaryl/α,β-unsaturated/α-hetero) is 1. The van der Waals surface area contributed by atoms with Crippen molar-refractivity contribution < 1.29 is 4.79 Å². The topological polar surface area (TPSA) is 17.1 Å². The van der Waals surface area contributed by atoms with Gasteiger partial charge in [-0.15, -0.1) is 0 Å². The molecule has 0 fully saturated rings. The maximum Gasteiger partial charge on any atom is 0.169 e. The first-order chi connectivity index (χ1) is 7.64. The van der Waals surface area contributed by atoms with Crippen molar-refractivity contribution in [2.45, 2.75) is 47.0 Å². The Balaban J connectivity index is 2.81. The molecule has 1 aromatic rings. The van der Waals surface area contributed by atoms with Crippen LogP contribution in [0.4, 0.5) is 0 Å². The normalized spacial score (nSPS) is 24.2. The number of hydrogen-bond acceptors (Lipinski definition) is 1. The van der Waals surface area contributed by atoms with E-state index >= 15 is 0 Å². The van der Waals surface area contributed by atoms with E-state index in [1.807, 2.05) is 18.2 Å². The molecule has 0 aromatic heterocycles. The molecule has 0 heterocycles. The molecule has 1 aromatic carbocycles. The van der Waals surface area contributed by atoms with Gasteiger partial charge in [-0.1, -0.05) is 65.8 Å². The number of ketones is 1. The monoisotopic (exact) mass is 230 g/mol. The Kier molecular flexibility index (Phi) is 2.34. The van der Waals surface area contributed by atoms with E-state index in [1.54, 1.807) is 0 Å². The predicted molar refractivity (Wildman–Crippen MR) is 71.4 cm³/mol. The molecule has 0 bridgehead atoms. The zero-order chi connectivity index (χ0) is 13.1. The second kappa shape index (κ2) is 3.22. The Bertz CT molecular complexity index is 478. The fourth-order valence-corrected chi connectivity index (χ4v) is 2.96. The third-order valence-electron chi connectivity index (χ3n) is 5.54. The van der Waals surface area contributed by atoms with Crippen LogP contribution in [0.25, 0.3) is 0 Å². The maximum atomic E-state index is 12.6. The SMILES string of the molecule is CC1(C)C(=O)c2ccccc2C(C)(C)C1(C)C. The minimum Gasteiger partial charge on any atom is -0.294 e. The number of carbonyl (C=O) groups excluding carboxylic acids is 1. The first-order valence-electron chi connectivity index (χ1n) is 6.28. The highest BCUT2D eigenvalue weighted by molar-refractivity contribution is 6.03. The summed E-state index contributed by atoms with van der Waals surface area (Å²) in [5.41, 5.74) is 1.70. The molecule has 0 amide bonds. The molecule has 1 aliphatic carbocycles. The fourth-order valence-electron chi connectivity index (χ4n) is 2.96. The van der Waals surface area contributed by atoms with Gasteiger partial charge >= 0.3 is 0 Å². The Morgan fingerprint density at radius 3 is 1.94 bits per heavy atom. The Hall–Kier alpha value is -1.11. The molecular formula is C16H22O. The molecule has 17 heavy (non-hydrogen) atoms. The molecule has 1 aliphatic rings. The van der Waals surface area contributed by atoms with Crippen molar-refractivity contribution in [3.8, 4) is 0 Å². The van der Waals surface area contributed by atoms with Gasteiger partial charge in [-0.05, 0) is 16.4 Å². The van der Waals surface area contributed by atoms with E-state index in [2.05, 4.69) is 47.6 Å². The minimum atomic E-state index is -0.329. The molecule has 2 rings (SSSR count). The van der Waals surface area contributed by atoms with Gasteiger partial charge in [-0.2, -0.15) is 0 Å². The second-order valence-corrected chi connectivity index (χ2v) is 6.75. The molecule has 92 valence electrons. The van der Waals surface area contributed by atoms with Crippen molar-refractivity contribution in [2.75, 3.05) is 0 Å². The van der Waals surface area contributed by atoms with Crippen LogP contribution in [0.15, 0.2) is 24.3 Å². The molecular weight excluding hydrogens is 208 g/mol. The smallest absolute Gasteiger partial charge is 0.169 e. The highest BCUT2D eigenvalue weighted by Gasteiger charge is 2.56. The summed E-state index contributed by atoms with van der Waals surface area (Å²) < 4.78 is 0. The van der Waals surface area contributed by atoms with Crippen LogP contribution in [-0.2, 0) is 5.41 Å². The van der Waals surface area contributed by atoms with E-state index < -0.39 is 0 Å². The van der Waals surface area contributed by atoms with Crippen molar-refractivity contribution in [1.29, 1.82) is 0 Å². The van der Waals surface area contributed by atoms with E-state index in [1.165, 1.54) is 5.56 Å². The standard InChI is InChI=1S/C16H22O/c1-14(2)12-10-8-7-9-11(12)13(17)15(3,4)16(14,5)6/h7-10H,1-6H3. The van der Waals surface area contributed by atoms with Gasteiger partial charge in [0.15, 0.2) is 5.78 Å². The quantitative estimate of drug-likeness (QED) is 0.652. The molecule has 0 aliphatic heterocycles. The predicted octanol–water partition coefficient (Wildman–Crippen LogP) is 4.21. The molecule has 0 spiro atoms. The van der Waals surface area contributed by atoms with Crippen molar-refractivity contribution in [3.63, 3.8) is 0 Å². The average Bonchev–Trinajstić information content (AvgIpc) is 2.26. The Labute approximate surface area is 104 Å². The first kappa shape index (κ1) is 12.3. The summed E-state index contributed by atoms with van der Waals surface area (Å²) >= 11 is 0. The Morgan fingerprint density at radius 2 is 1.35 bits per heavy atom. The number of hydrogen-bond donors (Lipinski definition) is 0. The van der Waals surface area contributed by atoms with Crippen LogP contribution in [0.5, 0.6) is 0 Å². The molecule has 1 nitrogen and oxygen atoms in total. The molecule has 0 atom stereocenters. The van der Waals surface area contributed by atoms with E-state index in [9.17, 15) is 4.79 Å². The molecule has 0 radical (unpaired) electrons. The maximum absolute atomic E-state index is 12.6. The van der Waals surface area contributed by atoms with Crippen LogP contribution in [0.1, 0.15) is 57.5 Å². The van der Waals surface area contributed by atoms with Crippen molar-refractivity contribution in [2.24, 2.45) is 10.8 Å². The van der Waals surface area contributed by atoms with Gasteiger partial charge in [-0.25, -0.2) is 0 Å². The lowest BCUT2D eigenvalue weighted by molar-refractivity contribution is 0.0186. The fraction of sp³-hybridized carbons (Fsp3) is 0.562. The zero-order valence-corrected chi connectivity index (χ0v) is 11.7. The van der Waals surface area contributed by atoms with E-state index in [0.29, 0.717) is 0 Å². The van der Waals surface area contributed by atoms with E-state index in [-0.39, 0.29) is 22.0 Å². The Morgan fingerprint density at radius 1 is 0.824 bits per heavy atom. The first-order valence-corrected chi connectivity index (χ1v) is 6.28. The van der Waals surface area contributed by atoms with Crippen molar-refractivity contribution >= 4 is 5.78 Å². The van der Waals surface area contributed by atoms with E-state index in [0.717, 1.165) is 5.56 Å². The summed E-state index contributed by atoms with van der Waals surface area (Å²) in [6.07, 6.45) is 0. The molecule has 1 heteroatoms. The second-order valence-electron chi connectivity index (χ2n) is 6.75. The van der Waals surface area contributed by atoms with Crippen LogP contribution >= 0.6 is 0 Å². The molecule has 0 unspecified atom stereocenters. The number of rotatable bonds is 0. The van der Waals surface area contributed by atoms with Gasteiger partial charge in [0.2, 0.25) is 0 Å². The van der Waals surface area contributed by atoms with Crippen LogP contribution in [0.2, 0.25) is 0 Å². The third-order valence-corrected chi connectivity index (χ3v) is 5.54. The lowest BCUT2D eigenvalue weighted by Gasteiger charge is -2.55. The van der Waals surface area contributed by atoms with Gasteiger partial charge in [0, 0.05) is 11.0 Å².